The van der Waals surface area contributed by atoms with E-state index in [0.29, 0.717) is 24.9 Å². The van der Waals surface area contributed by atoms with Gasteiger partial charge in [-0.05, 0) is 12.5 Å². The highest BCUT2D eigenvalue weighted by atomic mass is 16.5. The minimum Gasteiger partial charge on any atom is -0.491 e. The van der Waals surface area contributed by atoms with Crippen LogP contribution in [0.25, 0.3) is 0 Å². The Morgan fingerprint density at radius 3 is 3.25 bits per heavy atom. The molecule has 2 rings (SSSR count). The second kappa shape index (κ2) is 4.94. The molecule has 1 unspecified atom stereocenters. The maximum absolute atomic E-state index is 10.9. The molecule has 0 saturated carbocycles. The van der Waals surface area contributed by atoms with Gasteiger partial charge in [-0.15, -0.1) is 0 Å². The lowest BCUT2D eigenvalue weighted by atomic mass is 10.1. The fourth-order valence-corrected chi connectivity index (χ4v) is 1.59. The maximum atomic E-state index is 10.9. The van der Waals surface area contributed by atoms with Crippen LogP contribution < -0.4 is 4.74 Å². The number of aromatic nitrogens is 1. The molecule has 86 valence electrons. The molecule has 1 aromatic rings. The summed E-state index contributed by atoms with van der Waals surface area (Å²) in [6.07, 6.45) is 3.83. The number of nitrogens with zero attached hydrogens (tertiary/aromatic N) is 1. The first-order valence-corrected chi connectivity index (χ1v) is 5.15. The van der Waals surface area contributed by atoms with Crippen LogP contribution in [0.1, 0.15) is 16.8 Å². The molecular weight excluding hydrogens is 210 g/mol. The summed E-state index contributed by atoms with van der Waals surface area (Å²) in [6.45, 7) is 1.92. The molecule has 1 fully saturated rings. The Bertz CT molecular complexity index is 374. The zero-order valence-electron chi connectivity index (χ0n) is 8.76. The second-order valence-electron chi connectivity index (χ2n) is 3.72. The standard InChI is InChI=1S/C11H13NO4/c13-11(14)9-1-3-12-5-10(9)16-7-8-2-4-15-6-8/h1,3,5,8H,2,4,6-7H2,(H,13,14). The van der Waals surface area contributed by atoms with Crippen molar-refractivity contribution in [1.82, 2.24) is 4.98 Å². The average Bonchev–Trinajstić information content (AvgIpc) is 2.79. The Labute approximate surface area is 93.0 Å². The van der Waals surface area contributed by atoms with E-state index in [1.807, 2.05) is 0 Å². The lowest BCUT2D eigenvalue weighted by molar-refractivity contribution is 0.0691. The average molecular weight is 223 g/mol. The first kappa shape index (κ1) is 10.9. The van der Waals surface area contributed by atoms with Crippen LogP contribution in [0.2, 0.25) is 0 Å². The molecule has 0 spiro atoms. The van der Waals surface area contributed by atoms with Crippen molar-refractivity contribution in [2.24, 2.45) is 5.92 Å². The summed E-state index contributed by atoms with van der Waals surface area (Å²) in [5.74, 6) is -0.330. The molecule has 5 heteroatoms. The largest absolute Gasteiger partial charge is 0.491 e. The summed E-state index contributed by atoms with van der Waals surface area (Å²) in [5, 5.41) is 8.93. The number of rotatable bonds is 4. The van der Waals surface area contributed by atoms with Crippen molar-refractivity contribution in [2.45, 2.75) is 6.42 Å². The Hall–Kier alpha value is -1.62. The SMILES string of the molecule is O=C(O)c1ccncc1OCC1CCOC1. The molecule has 1 aliphatic rings. The molecule has 0 aliphatic carbocycles. The molecule has 0 amide bonds. The summed E-state index contributed by atoms with van der Waals surface area (Å²) >= 11 is 0. The van der Waals surface area contributed by atoms with E-state index in [1.54, 1.807) is 0 Å². The summed E-state index contributed by atoms with van der Waals surface area (Å²) in [4.78, 5) is 14.7. The molecule has 0 radical (unpaired) electrons. The Balaban J connectivity index is 2.00. The zero-order chi connectivity index (χ0) is 11.4. The van der Waals surface area contributed by atoms with E-state index in [2.05, 4.69) is 4.98 Å². The third-order valence-electron chi connectivity index (χ3n) is 2.51. The van der Waals surface area contributed by atoms with Crippen molar-refractivity contribution in [3.05, 3.63) is 24.0 Å². The van der Waals surface area contributed by atoms with Gasteiger partial charge >= 0.3 is 5.97 Å². The highest BCUT2D eigenvalue weighted by Crippen LogP contribution is 2.19. The van der Waals surface area contributed by atoms with Crippen molar-refractivity contribution in [3.8, 4) is 5.75 Å². The van der Waals surface area contributed by atoms with Gasteiger partial charge in [0, 0.05) is 18.7 Å². The monoisotopic (exact) mass is 223 g/mol. The van der Waals surface area contributed by atoms with Crippen LogP contribution in [0.5, 0.6) is 5.75 Å². The van der Waals surface area contributed by atoms with Gasteiger partial charge in [0.2, 0.25) is 0 Å². The number of carboxylic acids is 1. The van der Waals surface area contributed by atoms with Crippen molar-refractivity contribution in [1.29, 1.82) is 0 Å². The van der Waals surface area contributed by atoms with E-state index < -0.39 is 5.97 Å². The third-order valence-corrected chi connectivity index (χ3v) is 2.51. The topological polar surface area (TPSA) is 68.7 Å². The summed E-state index contributed by atoms with van der Waals surface area (Å²) in [7, 11) is 0. The van der Waals surface area contributed by atoms with Gasteiger partial charge in [0.15, 0.2) is 5.75 Å². The number of carboxylic acid groups (broad SMARTS) is 1. The van der Waals surface area contributed by atoms with Gasteiger partial charge in [-0.25, -0.2) is 4.79 Å². The Kier molecular flexibility index (Phi) is 3.36. The van der Waals surface area contributed by atoms with E-state index in [4.69, 9.17) is 14.6 Å². The van der Waals surface area contributed by atoms with Gasteiger partial charge in [-0.3, -0.25) is 4.98 Å². The normalized spacial score (nSPS) is 19.6. The molecule has 0 aromatic carbocycles. The third kappa shape index (κ3) is 2.49. The Morgan fingerprint density at radius 1 is 1.69 bits per heavy atom. The fourth-order valence-electron chi connectivity index (χ4n) is 1.59. The number of pyridine rings is 1. The molecule has 1 aliphatic heterocycles. The van der Waals surface area contributed by atoms with E-state index in [-0.39, 0.29) is 5.56 Å². The summed E-state index contributed by atoms with van der Waals surface area (Å²) < 4.78 is 10.7. The van der Waals surface area contributed by atoms with Crippen molar-refractivity contribution in [3.63, 3.8) is 0 Å². The molecule has 1 aromatic heterocycles. The number of hydrogen-bond donors (Lipinski definition) is 1. The molecule has 0 bridgehead atoms. The second-order valence-corrected chi connectivity index (χ2v) is 3.72. The van der Waals surface area contributed by atoms with Gasteiger partial charge < -0.3 is 14.6 Å². The lowest BCUT2D eigenvalue weighted by Crippen LogP contribution is -2.13. The van der Waals surface area contributed by atoms with Crippen LogP contribution in [-0.2, 0) is 4.74 Å². The Morgan fingerprint density at radius 2 is 2.56 bits per heavy atom. The minimum absolute atomic E-state index is 0.147. The van der Waals surface area contributed by atoms with Crippen LogP contribution in [0.4, 0.5) is 0 Å². The fraction of sp³-hybridized carbons (Fsp3) is 0.455. The highest BCUT2D eigenvalue weighted by Gasteiger charge is 2.18. The summed E-state index contributed by atoms with van der Waals surface area (Å²) in [5.41, 5.74) is 0.147. The van der Waals surface area contributed by atoms with E-state index in [9.17, 15) is 4.79 Å². The first-order valence-electron chi connectivity index (χ1n) is 5.15. The van der Waals surface area contributed by atoms with Crippen LogP contribution in [0, 0.1) is 5.92 Å². The van der Waals surface area contributed by atoms with Crippen LogP contribution in [-0.4, -0.2) is 35.9 Å². The molecule has 16 heavy (non-hydrogen) atoms. The predicted octanol–water partition coefficient (Wildman–Crippen LogP) is 1.20. The molecule has 1 atom stereocenters. The molecule has 1 N–H and O–H groups in total. The smallest absolute Gasteiger partial charge is 0.339 e. The van der Waals surface area contributed by atoms with Gasteiger partial charge in [0.05, 0.1) is 19.4 Å². The summed E-state index contributed by atoms with van der Waals surface area (Å²) in [6, 6.07) is 1.43. The first-order chi connectivity index (χ1) is 7.77. The zero-order valence-corrected chi connectivity index (χ0v) is 8.76. The molecular formula is C11H13NO4. The van der Waals surface area contributed by atoms with Crippen LogP contribution >= 0.6 is 0 Å². The van der Waals surface area contributed by atoms with Crippen molar-refractivity contribution in [2.75, 3.05) is 19.8 Å². The quantitative estimate of drug-likeness (QED) is 0.830. The molecule has 2 heterocycles. The van der Waals surface area contributed by atoms with Gasteiger partial charge in [0.25, 0.3) is 0 Å². The van der Waals surface area contributed by atoms with Gasteiger partial charge in [-0.1, -0.05) is 0 Å². The predicted molar refractivity (Wildman–Crippen MR) is 55.6 cm³/mol. The lowest BCUT2D eigenvalue weighted by Gasteiger charge is -2.11. The van der Waals surface area contributed by atoms with Gasteiger partial charge in [0.1, 0.15) is 5.56 Å². The van der Waals surface area contributed by atoms with Crippen molar-refractivity contribution >= 4 is 5.97 Å². The highest BCUT2D eigenvalue weighted by molar-refractivity contribution is 5.90. The molecule has 5 nitrogen and oxygen atoms in total. The number of carbonyl (C=O) groups is 1. The minimum atomic E-state index is -1.000. The number of aromatic carboxylic acids is 1. The molecule has 1 saturated heterocycles. The van der Waals surface area contributed by atoms with E-state index in [1.165, 1.54) is 18.5 Å². The van der Waals surface area contributed by atoms with Crippen LogP contribution in [0.15, 0.2) is 18.5 Å². The van der Waals surface area contributed by atoms with Crippen LogP contribution in [0.3, 0.4) is 0 Å². The number of ether oxygens (including phenoxy) is 2. The van der Waals surface area contributed by atoms with Crippen molar-refractivity contribution < 1.29 is 19.4 Å². The maximum Gasteiger partial charge on any atom is 0.339 e. The van der Waals surface area contributed by atoms with E-state index in [0.717, 1.165) is 13.0 Å². The number of hydrogen-bond acceptors (Lipinski definition) is 4. The van der Waals surface area contributed by atoms with Gasteiger partial charge in [-0.2, -0.15) is 0 Å². The van der Waals surface area contributed by atoms with E-state index >= 15 is 0 Å².